The zero-order chi connectivity index (χ0) is 21.8. The van der Waals surface area contributed by atoms with Crippen LogP contribution in [0.3, 0.4) is 0 Å². The fraction of sp³-hybridized carbons (Fsp3) is 0.273. The smallest absolute Gasteiger partial charge is 0.246 e. The van der Waals surface area contributed by atoms with Crippen LogP contribution in [0.1, 0.15) is 24.6 Å². The summed E-state index contributed by atoms with van der Waals surface area (Å²) >= 11 is 5.97. The Hall–Kier alpha value is -3.57. The molecule has 0 spiro atoms. The number of carbonyl (C=O) groups excluding carboxylic acids is 1. The van der Waals surface area contributed by atoms with Crippen LogP contribution in [0.25, 0.3) is 11.0 Å². The normalized spacial score (nSPS) is 15.9. The molecule has 31 heavy (non-hydrogen) atoms. The van der Waals surface area contributed by atoms with Crippen molar-refractivity contribution in [3.63, 3.8) is 0 Å². The number of hydrogen-bond acceptors (Lipinski definition) is 6. The molecule has 1 aromatic carbocycles. The van der Waals surface area contributed by atoms with Crippen molar-refractivity contribution in [1.82, 2.24) is 24.6 Å². The van der Waals surface area contributed by atoms with E-state index in [0.717, 1.165) is 12.8 Å². The van der Waals surface area contributed by atoms with Gasteiger partial charge in [0.05, 0.1) is 11.4 Å². The van der Waals surface area contributed by atoms with Gasteiger partial charge in [-0.1, -0.05) is 30.2 Å². The van der Waals surface area contributed by atoms with Crippen molar-refractivity contribution in [1.29, 1.82) is 0 Å². The Bertz CT molecular complexity index is 1200. The Morgan fingerprint density at radius 1 is 1.42 bits per heavy atom. The fourth-order valence-corrected chi connectivity index (χ4v) is 3.80. The van der Waals surface area contributed by atoms with Gasteiger partial charge in [-0.05, 0) is 43.0 Å². The maximum Gasteiger partial charge on any atom is 0.246 e. The largest absolute Gasteiger partial charge is 0.481 e. The van der Waals surface area contributed by atoms with Crippen molar-refractivity contribution in [2.24, 2.45) is 0 Å². The molecule has 2 aromatic heterocycles. The van der Waals surface area contributed by atoms with Crippen molar-refractivity contribution in [3.05, 3.63) is 54.0 Å². The van der Waals surface area contributed by atoms with Crippen LogP contribution in [-0.2, 0) is 4.79 Å². The van der Waals surface area contributed by atoms with Gasteiger partial charge in [-0.2, -0.15) is 5.10 Å². The average Bonchev–Trinajstić information content (AvgIpc) is 3.16. The molecule has 0 unspecified atom stereocenters. The number of anilines is 1. The van der Waals surface area contributed by atoms with Gasteiger partial charge in [0.15, 0.2) is 5.65 Å². The number of amides is 1. The number of halogens is 1. The number of fused-ring (bicyclic) bond motifs is 1. The summed E-state index contributed by atoms with van der Waals surface area (Å²) in [6.07, 6.45) is 4.47. The molecule has 4 rings (SSSR count). The monoisotopic (exact) mass is 436 g/mol. The summed E-state index contributed by atoms with van der Waals surface area (Å²) in [6, 6.07) is 7.08. The fourth-order valence-electron chi connectivity index (χ4n) is 3.62. The third-order valence-electron chi connectivity index (χ3n) is 5.06. The second kappa shape index (κ2) is 9.06. The Morgan fingerprint density at radius 2 is 2.29 bits per heavy atom. The molecule has 3 heterocycles. The molecule has 0 saturated carbocycles. The molecule has 0 radical (unpaired) electrons. The minimum absolute atomic E-state index is 0.0345. The van der Waals surface area contributed by atoms with Gasteiger partial charge in [0.25, 0.3) is 0 Å². The lowest BCUT2D eigenvalue weighted by atomic mass is 10.1. The third kappa shape index (κ3) is 4.47. The summed E-state index contributed by atoms with van der Waals surface area (Å²) in [4.78, 5) is 22.3. The zero-order valence-electron chi connectivity index (χ0n) is 16.8. The van der Waals surface area contributed by atoms with Crippen molar-refractivity contribution >= 4 is 34.4 Å². The summed E-state index contributed by atoms with van der Waals surface area (Å²) in [5, 5.41) is 5.87. The molecule has 1 aliphatic heterocycles. The summed E-state index contributed by atoms with van der Waals surface area (Å²) in [5.74, 6) is 6.84. The predicted molar refractivity (Wildman–Crippen MR) is 119 cm³/mol. The van der Waals surface area contributed by atoms with Gasteiger partial charge in [0.1, 0.15) is 30.2 Å². The second-order valence-electron chi connectivity index (χ2n) is 7.08. The highest BCUT2D eigenvalue weighted by molar-refractivity contribution is 6.30. The Morgan fingerprint density at radius 3 is 3.10 bits per heavy atom. The number of likely N-dealkylation sites (tertiary alicyclic amines) is 1. The number of carbonyl (C=O) groups is 1. The predicted octanol–water partition coefficient (Wildman–Crippen LogP) is 2.84. The maximum absolute atomic E-state index is 12.1. The molecular weight excluding hydrogens is 416 g/mol. The minimum atomic E-state index is -0.0894. The van der Waals surface area contributed by atoms with Crippen LogP contribution in [0.15, 0.2) is 43.2 Å². The standard InChI is InChI=1S/C22H21ClN6O2/c1-2-19(30)28-10-4-7-16(13-28)29-22-20(21(24)25-14-26-22)18(27-29)9-5-11-31-17-8-3-6-15(23)12-17/h2-3,6,8,12,14,16H,1,4,7,10-11,13H2,(H2,24,25,26)/t16-/m1/s1. The van der Waals surface area contributed by atoms with Crippen molar-refractivity contribution in [2.75, 3.05) is 25.4 Å². The van der Waals surface area contributed by atoms with Crippen molar-refractivity contribution in [2.45, 2.75) is 18.9 Å². The lowest BCUT2D eigenvalue weighted by Gasteiger charge is -2.32. The van der Waals surface area contributed by atoms with E-state index in [2.05, 4.69) is 33.5 Å². The van der Waals surface area contributed by atoms with E-state index >= 15 is 0 Å². The molecule has 3 aromatic rings. The Labute approximate surface area is 184 Å². The van der Waals surface area contributed by atoms with Crippen LogP contribution >= 0.6 is 11.6 Å². The van der Waals surface area contributed by atoms with Crippen LogP contribution in [0.5, 0.6) is 5.75 Å². The van der Waals surface area contributed by atoms with Crippen LogP contribution in [0.2, 0.25) is 5.02 Å². The number of piperidine rings is 1. The number of nitrogen functional groups attached to an aromatic ring is 1. The first-order valence-electron chi connectivity index (χ1n) is 9.84. The highest BCUT2D eigenvalue weighted by atomic mass is 35.5. The average molecular weight is 437 g/mol. The number of ether oxygens (including phenoxy) is 1. The summed E-state index contributed by atoms with van der Waals surface area (Å²) in [6.45, 7) is 4.96. The first kappa shape index (κ1) is 20.7. The number of rotatable bonds is 4. The quantitative estimate of drug-likeness (QED) is 0.498. The molecule has 1 saturated heterocycles. The molecule has 9 heteroatoms. The van der Waals surface area contributed by atoms with E-state index in [4.69, 9.17) is 22.1 Å². The second-order valence-corrected chi connectivity index (χ2v) is 7.52. The highest BCUT2D eigenvalue weighted by Gasteiger charge is 2.27. The van der Waals surface area contributed by atoms with Crippen molar-refractivity contribution in [3.8, 4) is 17.6 Å². The number of nitrogens with zero attached hydrogens (tertiary/aromatic N) is 5. The molecule has 1 amide bonds. The van der Waals surface area contributed by atoms with E-state index in [-0.39, 0.29) is 18.6 Å². The Kier molecular flexibility index (Phi) is 6.05. The van der Waals surface area contributed by atoms with Gasteiger partial charge in [0.2, 0.25) is 5.91 Å². The highest BCUT2D eigenvalue weighted by Crippen LogP contribution is 2.28. The van der Waals surface area contributed by atoms with Gasteiger partial charge in [0, 0.05) is 18.1 Å². The van der Waals surface area contributed by atoms with E-state index in [0.29, 0.717) is 46.4 Å². The first-order chi connectivity index (χ1) is 15.1. The zero-order valence-corrected chi connectivity index (χ0v) is 17.5. The molecule has 1 fully saturated rings. The topological polar surface area (TPSA) is 99.2 Å². The van der Waals surface area contributed by atoms with Crippen LogP contribution in [0.4, 0.5) is 5.82 Å². The molecule has 1 aliphatic rings. The molecule has 0 bridgehead atoms. The minimum Gasteiger partial charge on any atom is -0.481 e. The molecule has 1 atom stereocenters. The Balaban J connectivity index is 1.60. The van der Waals surface area contributed by atoms with Crippen LogP contribution < -0.4 is 10.5 Å². The molecule has 2 N–H and O–H groups in total. The number of nitrogens with two attached hydrogens (primary N) is 1. The summed E-state index contributed by atoms with van der Waals surface area (Å²) in [7, 11) is 0. The van der Waals surface area contributed by atoms with Crippen LogP contribution in [-0.4, -0.2) is 50.3 Å². The summed E-state index contributed by atoms with van der Waals surface area (Å²) in [5.41, 5.74) is 7.20. The molecule has 158 valence electrons. The molecule has 0 aliphatic carbocycles. The lowest BCUT2D eigenvalue weighted by Crippen LogP contribution is -2.40. The summed E-state index contributed by atoms with van der Waals surface area (Å²) < 4.78 is 7.42. The van der Waals surface area contributed by atoms with Gasteiger partial charge in [-0.25, -0.2) is 14.6 Å². The first-order valence-corrected chi connectivity index (χ1v) is 10.2. The lowest BCUT2D eigenvalue weighted by molar-refractivity contribution is -0.127. The maximum atomic E-state index is 12.1. The van der Waals surface area contributed by atoms with E-state index in [1.54, 1.807) is 21.7 Å². The van der Waals surface area contributed by atoms with Gasteiger partial charge in [-0.3, -0.25) is 4.79 Å². The van der Waals surface area contributed by atoms with Gasteiger partial charge >= 0.3 is 0 Å². The van der Waals surface area contributed by atoms with Gasteiger partial charge < -0.3 is 15.4 Å². The molecule has 8 nitrogen and oxygen atoms in total. The van der Waals surface area contributed by atoms with Crippen LogP contribution in [0, 0.1) is 11.8 Å². The van der Waals surface area contributed by atoms with E-state index < -0.39 is 0 Å². The number of aromatic nitrogens is 4. The van der Waals surface area contributed by atoms with E-state index in [1.807, 2.05) is 12.1 Å². The number of benzene rings is 1. The van der Waals surface area contributed by atoms with E-state index in [1.165, 1.54) is 12.4 Å². The van der Waals surface area contributed by atoms with Crippen molar-refractivity contribution < 1.29 is 9.53 Å². The van der Waals surface area contributed by atoms with Gasteiger partial charge in [-0.15, -0.1) is 0 Å². The third-order valence-corrected chi connectivity index (χ3v) is 5.30. The molecular formula is C22H21ClN6O2. The van der Waals surface area contributed by atoms with E-state index in [9.17, 15) is 4.79 Å². The number of hydrogen-bond donors (Lipinski definition) is 1. The SMILES string of the molecule is C=CC(=O)N1CCC[C@@H](n2nc(C#CCOc3cccc(Cl)c3)c3c(N)ncnc32)C1.